The number of piperidine rings is 1. The van der Waals surface area contributed by atoms with Crippen molar-refractivity contribution in [3.05, 3.63) is 21.0 Å². The van der Waals surface area contributed by atoms with E-state index in [-0.39, 0.29) is 5.56 Å². The van der Waals surface area contributed by atoms with Crippen LogP contribution >= 0.6 is 15.9 Å². The monoisotopic (exact) mass is 285 g/mol. The minimum atomic E-state index is -0.164. The number of nitrogens with zero attached hydrogens (tertiary/aromatic N) is 2. The van der Waals surface area contributed by atoms with Crippen molar-refractivity contribution in [1.29, 1.82) is 0 Å². The van der Waals surface area contributed by atoms with Crippen molar-refractivity contribution in [3.63, 3.8) is 0 Å². The molecule has 2 atom stereocenters. The van der Waals surface area contributed by atoms with Gasteiger partial charge in [0, 0.05) is 13.1 Å². The lowest BCUT2D eigenvalue weighted by Crippen LogP contribution is -2.39. The van der Waals surface area contributed by atoms with E-state index in [9.17, 15) is 4.79 Å². The summed E-state index contributed by atoms with van der Waals surface area (Å²) in [5, 5.41) is 6.28. The Morgan fingerprint density at radius 1 is 1.44 bits per heavy atom. The van der Waals surface area contributed by atoms with Gasteiger partial charge in [-0.2, -0.15) is 5.10 Å². The molecule has 0 amide bonds. The van der Waals surface area contributed by atoms with Crippen LogP contribution in [0.3, 0.4) is 0 Å². The van der Waals surface area contributed by atoms with Gasteiger partial charge < -0.3 is 4.90 Å². The molecule has 4 nitrogen and oxygen atoms in total. The number of anilines is 1. The first-order chi connectivity index (χ1) is 7.58. The summed E-state index contributed by atoms with van der Waals surface area (Å²) in [6.45, 7) is 6.48. The van der Waals surface area contributed by atoms with Crippen LogP contribution in [-0.2, 0) is 0 Å². The minimum absolute atomic E-state index is 0.164. The summed E-state index contributed by atoms with van der Waals surface area (Å²) in [6, 6.07) is 0. The van der Waals surface area contributed by atoms with Gasteiger partial charge in [0.05, 0.1) is 11.9 Å². The van der Waals surface area contributed by atoms with E-state index in [1.807, 2.05) is 0 Å². The SMILES string of the molecule is C[C@H]1C[C@H](C)CN(c2cn[nH]c(=O)c2Br)C1. The van der Waals surface area contributed by atoms with Gasteiger partial charge in [-0.05, 0) is 34.2 Å². The van der Waals surface area contributed by atoms with Crippen LogP contribution < -0.4 is 10.5 Å². The third-order valence-electron chi connectivity index (χ3n) is 2.99. The average molecular weight is 286 g/mol. The Hall–Kier alpha value is -0.840. The molecule has 5 heteroatoms. The van der Waals surface area contributed by atoms with Gasteiger partial charge in [0.1, 0.15) is 4.47 Å². The first kappa shape index (κ1) is 11.6. The second kappa shape index (κ2) is 4.57. The molecule has 0 aromatic carbocycles. The van der Waals surface area contributed by atoms with Gasteiger partial charge in [0.15, 0.2) is 0 Å². The maximum absolute atomic E-state index is 11.5. The molecule has 1 saturated heterocycles. The number of aromatic amines is 1. The van der Waals surface area contributed by atoms with Crippen molar-refractivity contribution in [2.45, 2.75) is 20.3 Å². The van der Waals surface area contributed by atoms with Gasteiger partial charge in [-0.3, -0.25) is 4.79 Å². The molecule has 1 N–H and O–H groups in total. The molecule has 2 rings (SSSR count). The Morgan fingerprint density at radius 2 is 2.06 bits per heavy atom. The molecule has 1 aliphatic heterocycles. The standard InChI is InChI=1S/C11H16BrN3O/c1-7-3-8(2)6-15(5-7)9-4-13-14-11(16)10(9)12/h4,7-8H,3,5-6H2,1-2H3,(H,14,16)/t7-,8-/m0/s1. The summed E-state index contributed by atoms with van der Waals surface area (Å²) in [6.07, 6.45) is 2.97. The molecule has 88 valence electrons. The Bertz CT molecular complexity index is 421. The molecule has 2 heterocycles. The van der Waals surface area contributed by atoms with Crippen LogP contribution in [0.25, 0.3) is 0 Å². The van der Waals surface area contributed by atoms with Crippen LogP contribution in [0.1, 0.15) is 20.3 Å². The predicted molar refractivity (Wildman–Crippen MR) is 67.7 cm³/mol. The van der Waals surface area contributed by atoms with E-state index in [1.165, 1.54) is 6.42 Å². The molecule has 0 spiro atoms. The van der Waals surface area contributed by atoms with E-state index < -0.39 is 0 Å². The molecule has 1 aromatic heterocycles. The molecule has 0 saturated carbocycles. The van der Waals surface area contributed by atoms with Crippen molar-refractivity contribution in [2.24, 2.45) is 11.8 Å². The first-order valence-corrected chi connectivity index (χ1v) is 6.35. The van der Waals surface area contributed by atoms with E-state index in [2.05, 4.69) is 44.9 Å². The van der Waals surface area contributed by atoms with Crippen LogP contribution in [0.2, 0.25) is 0 Å². The fourth-order valence-corrected chi connectivity index (χ4v) is 2.90. The third kappa shape index (κ3) is 2.29. The maximum atomic E-state index is 11.5. The Balaban J connectivity index is 2.30. The number of halogens is 1. The molecular weight excluding hydrogens is 270 g/mol. The highest BCUT2D eigenvalue weighted by molar-refractivity contribution is 9.10. The molecule has 0 bridgehead atoms. The Labute approximate surface area is 103 Å². The number of nitrogens with one attached hydrogen (secondary N) is 1. The number of aromatic nitrogens is 2. The van der Waals surface area contributed by atoms with Crippen molar-refractivity contribution in [1.82, 2.24) is 10.2 Å². The van der Waals surface area contributed by atoms with Gasteiger partial charge in [-0.15, -0.1) is 0 Å². The normalized spacial score (nSPS) is 25.8. The molecule has 0 unspecified atom stereocenters. The van der Waals surface area contributed by atoms with Crippen LogP contribution in [0.15, 0.2) is 15.5 Å². The van der Waals surface area contributed by atoms with E-state index in [1.54, 1.807) is 6.20 Å². The quantitative estimate of drug-likeness (QED) is 0.859. The summed E-state index contributed by atoms with van der Waals surface area (Å²) < 4.78 is 0.587. The van der Waals surface area contributed by atoms with Crippen LogP contribution in [-0.4, -0.2) is 23.3 Å². The van der Waals surface area contributed by atoms with E-state index in [0.717, 1.165) is 18.8 Å². The summed E-state index contributed by atoms with van der Waals surface area (Å²) >= 11 is 3.33. The van der Waals surface area contributed by atoms with Gasteiger partial charge in [0.25, 0.3) is 5.56 Å². The third-order valence-corrected chi connectivity index (χ3v) is 3.75. The molecule has 1 aliphatic rings. The number of hydrogen-bond acceptors (Lipinski definition) is 3. The lowest BCUT2D eigenvalue weighted by molar-refractivity contribution is 0.356. The highest BCUT2D eigenvalue weighted by atomic mass is 79.9. The predicted octanol–water partition coefficient (Wildman–Crippen LogP) is 2.01. The van der Waals surface area contributed by atoms with Gasteiger partial charge >= 0.3 is 0 Å². The number of rotatable bonds is 1. The molecule has 1 fully saturated rings. The summed E-state index contributed by atoms with van der Waals surface area (Å²) in [5.74, 6) is 1.32. The summed E-state index contributed by atoms with van der Waals surface area (Å²) in [7, 11) is 0. The minimum Gasteiger partial charge on any atom is -0.369 e. The van der Waals surface area contributed by atoms with Crippen LogP contribution in [0.4, 0.5) is 5.69 Å². The van der Waals surface area contributed by atoms with Gasteiger partial charge in [-0.1, -0.05) is 13.8 Å². The highest BCUT2D eigenvalue weighted by Gasteiger charge is 2.24. The zero-order valence-electron chi connectivity index (χ0n) is 9.53. The van der Waals surface area contributed by atoms with Crippen molar-refractivity contribution < 1.29 is 0 Å². The van der Waals surface area contributed by atoms with Crippen LogP contribution in [0.5, 0.6) is 0 Å². The first-order valence-electron chi connectivity index (χ1n) is 5.56. The summed E-state index contributed by atoms with van der Waals surface area (Å²) in [4.78, 5) is 13.7. The lowest BCUT2D eigenvalue weighted by Gasteiger charge is -2.36. The second-order valence-corrected chi connectivity index (χ2v) is 5.54. The maximum Gasteiger partial charge on any atom is 0.280 e. The topological polar surface area (TPSA) is 49.0 Å². The number of H-pyrrole nitrogens is 1. The van der Waals surface area contributed by atoms with Crippen molar-refractivity contribution in [2.75, 3.05) is 18.0 Å². The van der Waals surface area contributed by atoms with E-state index in [4.69, 9.17) is 0 Å². The largest absolute Gasteiger partial charge is 0.369 e. The molecule has 0 radical (unpaired) electrons. The summed E-state index contributed by atoms with van der Waals surface area (Å²) in [5.41, 5.74) is 0.741. The molecule has 0 aliphatic carbocycles. The number of hydrogen-bond donors (Lipinski definition) is 1. The van der Waals surface area contributed by atoms with Gasteiger partial charge in [0.2, 0.25) is 0 Å². The van der Waals surface area contributed by atoms with Crippen molar-refractivity contribution in [3.8, 4) is 0 Å². The fraction of sp³-hybridized carbons (Fsp3) is 0.636. The molecule has 1 aromatic rings. The molecule has 16 heavy (non-hydrogen) atoms. The fourth-order valence-electron chi connectivity index (χ4n) is 2.45. The van der Waals surface area contributed by atoms with Crippen LogP contribution in [0, 0.1) is 11.8 Å². The van der Waals surface area contributed by atoms with E-state index in [0.29, 0.717) is 16.3 Å². The van der Waals surface area contributed by atoms with Gasteiger partial charge in [-0.25, -0.2) is 5.10 Å². The van der Waals surface area contributed by atoms with E-state index >= 15 is 0 Å². The highest BCUT2D eigenvalue weighted by Crippen LogP contribution is 2.28. The Kier molecular flexibility index (Phi) is 3.33. The molecular formula is C11H16BrN3O. The average Bonchev–Trinajstić information content (AvgIpc) is 2.20. The smallest absolute Gasteiger partial charge is 0.280 e. The Morgan fingerprint density at radius 3 is 2.69 bits per heavy atom. The zero-order valence-corrected chi connectivity index (χ0v) is 11.1. The zero-order chi connectivity index (χ0) is 11.7. The lowest BCUT2D eigenvalue weighted by atomic mass is 9.92. The second-order valence-electron chi connectivity index (χ2n) is 4.75. The van der Waals surface area contributed by atoms with Crippen molar-refractivity contribution >= 4 is 21.6 Å².